The summed E-state index contributed by atoms with van der Waals surface area (Å²) in [5.74, 6) is 0.0944. The monoisotopic (exact) mass is 276 g/mol. The molecule has 1 aromatic heterocycles. The third-order valence-corrected chi connectivity index (χ3v) is 4.11. The van der Waals surface area contributed by atoms with Crippen molar-refractivity contribution in [2.45, 2.75) is 19.3 Å². The molecule has 0 unspecified atom stereocenters. The lowest BCUT2D eigenvalue weighted by Crippen LogP contribution is -2.11. The fraction of sp³-hybridized carbons (Fsp3) is 0.167. The van der Waals surface area contributed by atoms with Gasteiger partial charge in [0.25, 0.3) is 0 Å². The van der Waals surface area contributed by atoms with Crippen LogP contribution in [0.3, 0.4) is 0 Å². The number of rotatable bonds is 0. The van der Waals surface area contributed by atoms with Crippen molar-refractivity contribution in [2.75, 3.05) is 5.32 Å². The number of hydrogen-bond acceptors (Lipinski definition) is 1. The molecule has 0 saturated heterocycles. The first kappa shape index (κ1) is 12.2. The predicted octanol–water partition coefficient (Wildman–Crippen LogP) is 4.11. The number of nitrogens with one attached hydrogen (secondary N) is 2. The summed E-state index contributed by atoms with van der Waals surface area (Å²) in [7, 11) is 0. The van der Waals surface area contributed by atoms with Gasteiger partial charge in [-0.3, -0.25) is 4.79 Å². The van der Waals surface area contributed by atoms with Gasteiger partial charge in [0.15, 0.2) is 0 Å². The zero-order valence-corrected chi connectivity index (χ0v) is 11.6. The maximum absolute atomic E-state index is 12.0. The Morgan fingerprint density at radius 2 is 1.71 bits per heavy atom. The van der Waals surface area contributed by atoms with Gasteiger partial charge in [0, 0.05) is 22.9 Å². The van der Waals surface area contributed by atoms with Gasteiger partial charge >= 0.3 is 0 Å². The molecule has 0 fully saturated rings. The summed E-state index contributed by atoms with van der Waals surface area (Å²) in [6.45, 7) is 0. The molecule has 1 aliphatic rings. The average Bonchev–Trinajstić information content (AvgIpc) is 2.88. The summed E-state index contributed by atoms with van der Waals surface area (Å²) in [5, 5.41) is 4.29. The molecule has 4 rings (SSSR count). The molecule has 0 spiro atoms. The first-order valence-corrected chi connectivity index (χ1v) is 7.32. The van der Waals surface area contributed by atoms with Crippen molar-refractivity contribution in [3.63, 3.8) is 0 Å². The molecule has 104 valence electrons. The van der Waals surface area contributed by atoms with E-state index in [0.717, 1.165) is 35.3 Å². The molecule has 3 aromatic rings. The number of benzene rings is 2. The fourth-order valence-electron chi connectivity index (χ4n) is 3.14. The van der Waals surface area contributed by atoms with Crippen LogP contribution in [-0.2, 0) is 11.2 Å². The van der Waals surface area contributed by atoms with Crippen molar-refractivity contribution < 1.29 is 4.79 Å². The summed E-state index contributed by atoms with van der Waals surface area (Å²) >= 11 is 0. The molecule has 1 aliphatic heterocycles. The first-order valence-electron chi connectivity index (χ1n) is 7.32. The average molecular weight is 276 g/mol. The van der Waals surface area contributed by atoms with E-state index in [4.69, 9.17) is 0 Å². The minimum Gasteiger partial charge on any atom is -0.354 e. The van der Waals surface area contributed by atoms with Gasteiger partial charge in [-0.1, -0.05) is 36.4 Å². The molecule has 1 amide bonds. The normalized spacial score (nSPS) is 14.6. The lowest BCUT2D eigenvalue weighted by Gasteiger charge is -2.09. The topological polar surface area (TPSA) is 44.9 Å². The molecule has 0 saturated carbocycles. The van der Waals surface area contributed by atoms with Gasteiger partial charge < -0.3 is 10.3 Å². The second-order valence-electron chi connectivity index (χ2n) is 5.47. The predicted molar refractivity (Wildman–Crippen MR) is 85.3 cm³/mol. The summed E-state index contributed by atoms with van der Waals surface area (Å²) in [5.41, 5.74) is 5.56. The van der Waals surface area contributed by atoms with Gasteiger partial charge in [0.2, 0.25) is 5.91 Å². The highest BCUT2D eigenvalue weighted by Crippen LogP contribution is 2.36. The smallest absolute Gasteiger partial charge is 0.224 e. The molecule has 3 heteroatoms. The Kier molecular flexibility index (Phi) is 2.78. The number of amides is 1. The Bertz CT molecular complexity index is 832. The molecule has 0 atom stereocenters. The molecule has 21 heavy (non-hydrogen) atoms. The highest BCUT2D eigenvalue weighted by Gasteiger charge is 2.18. The standard InChI is InChI=1S/C18H16N2O/c21-17-11-5-8-13-12-6-1-3-9-15(12)20-18(13)14-7-2-4-10-16(14)19-17/h1-4,6-7,9-10,20H,5,8,11H2,(H,19,21). The number of aryl methyl sites for hydroxylation is 1. The quantitative estimate of drug-likeness (QED) is 0.637. The molecular formula is C18H16N2O. The molecule has 0 radical (unpaired) electrons. The molecule has 2 aromatic carbocycles. The lowest BCUT2D eigenvalue weighted by atomic mass is 10.0. The highest BCUT2D eigenvalue weighted by atomic mass is 16.1. The van der Waals surface area contributed by atoms with E-state index in [9.17, 15) is 4.79 Å². The van der Waals surface area contributed by atoms with E-state index in [1.165, 1.54) is 10.9 Å². The Balaban J connectivity index is 2.02. The number of aromatic amines is 1. The van der Waals surface area contributed by atoms with Crippen molar-refractivity contribution in [3.8, 4) is 11.3 Å². The maximum Gasteiger partial charge on any atom is 0.224 e. The van der Waals surface area contributed by atoms with Crippen molar-refractivity contribution in [3.05, 3.63) is 54.1 Å². The van der Waals surface area contributed by atoms with Crippen LogP contribution in [0.1, 0.15) is 18.4 Å². The van der Waals surface area contributed by atoms with Gasteiger partial charge in [0.05, 0.1) is 11.4 Å². The third kappa shape index (κ3) is 2.02. The number of fused-ring (bicyclic) bond motifs is 5. The van der Waals surface area contributed by atoms with Crippen molar-refractivity contribution in [2.24, 2.45) is 0 Å². The highest BCUT2D eigenvalue weighted by molar-refractivity contribution is 5.99. The van der Waals surface area contributed by atoms with E-state index in [1.807, 2.05) is 24.3 Å². The number of carbonyl (C=O) groups is 1. The number of para-hydroxylation sites is 2. The number of anilines is 1. The van der Waals surface area contributed by atoms with Gasteiger partial charge in [-0.15, -0.1) is 0 Å². The molecule has 0 aliphatic carbocycles. The SMILES string of the molecule is O=C1CCCc2c([nH]c3ccccc23)-c2ccccc2N1. The summed E-state index contributed by atoms with van der Waals surface area (Å²) in [4.78, 5) is 15.5. The molecule has 2 N–H and O–H groups in total. The Morgan fingerprint density at radius 3 is 2.67 bits per heavy atom. The number of carbonyl (C=O) groups excluding carboxylic acids is 1. The van der Waals surface area contributed by atoms with E-state index in [-0.39, 0.29) is 5.91 Å². The second kappa shape index (κ2) is 4.77. The van der Waals surface area contributed by atoms with Crippen LogP contribution >= 0.6 is 0 Å². The molecule has 2 heterocycles. The van der Waals surface area contributed by atoms with Crippen LogP contribution in [0.5, 0.6) is 0 Å². The van der Waals surface area contributed by atoms with E-state index in [0.29, 0.717) is 6.42 Å². The number of aromatic nitrogens is 1. The zero-order valence-electron chi connectivity index (χ0n) is 11.6. The van der Waals surface area contributed by atoms with E-state index in [1.54, 1.807) is 0 Å². The van der Waals surface area contributed by atoms with E-state index >= 15 is 0 Å². The van der Waals surface area contributed by atoms with Crippen molar-refractivity contribution >= 4 is 22.5 Å². The van der Waals surface area contributed by atoms with Crippen LogP contribution in [0.4, 0.5) is 5.69 Å². The minimum atomic E-state index is 0.0944. The summed E-state index contributed by atoms with van der Waals surface area (Å²) < 4.78 is 0. The van der Waals surface area contributed by atoms with Crippen LogP contribution in [0.15, 0.2) is 48.5 Å². The van der Waals surface area contributed by atoms with Crippen LogP contribution in [-0.4, -0.2) is 10.9 Å². The summed E-state index contributed by atoms with van der Waals surface area (Å²) in [6, 6.07) is 16.4. The van der Waals surface area contributed by atoms with Gasteiger partial charge in [-0.05, 0) is 30.5 Å². The van der Waals surface area contributed by atoms with E-state index < -0.39 is 0 Å². The van der Waals surface area contributed by atoms with E-state index in [2.05, 4.69) is 34.6 Å². The van der Waals surface area contributed by atoms with Crippen LogP contribution in [0, 0.1) is 0 Å². The third-order valence-electron chi connectivity index (χ3n) is 4.11. The van der Waals surface area contributed by atoms with Gasteiger partial charge in [-0.25, -0.2) is 0 Å². The van der Waals surface area contributed by atoms with Crippen LogP contribution < -0.4 is 5.32 Å². The number of hydrogen-bond donors (Lipinski definition) is 2. The Morgan fingerprint density at radius 1 is 0.905 bits per heavy atom. The van der Waals surface area contributed by atoms with Crippen LogP contribution in [0.2, 0.25) is 0 Å². The van der Waals surface area contributed by atoms with Crippen LogP contribution in [0.25, 0.3) is 22.2 Å². The maximum atomic E-state index is 12.0. The second-order valence-corrected chi connectivity index (χ2v) is 5.47. The Hall–Kier alpha value is -2.55. The van der Waals surface area contributed by atoms with Gasteiger partial charge in [0.1, 0.15) is 0 Å². The summed E-state index contributed by atoms with van der Waals surface area (Å²) in [6.07, 6.45) is 2.35. The molecule has 0 bridgehead atoms. The lowest BCUT2D eigenvalue weighted by molar-refractivity contribution is -0.116. The fourth-order valence-corrected chi connectivity index (χ4v) is 3.14. The molecule has 3 nitrogen and oxygen atoms in total. The Labute approximate surface area is 123 Å². The number of H-pyrrole nitrogens is 1. The first-order chi connectivity index (χ1) is 10.3. The van der Waals surface area contributed by atoms with Gasteiger partial charge in [-0.2, -0.15) is 0 Å². The largest absolute Gasteiger partial charge is 0.354 e. The molecular weight excluding hydrogens is 260 g/mol. The van der Waals surface area contributed by atoms with Crippen molar-refractivity contribution in [1.29, 1.82) is 0 Å². The zero-order chi connectivity index (χ0) is 14.2. The minimum absolute atomic E-state index is 0.0944. The van der Waals surface area contributed by atoms with Crippen molar-refractivity contribution in [1.82, 2.24) is 4.98 Å².